The van der Waals surface area contributed by atoms with Gasteiger partial charge in [-0.05, 0) is 12.8 Å². The van der Waals surface area contributed by atoms with Gasteiger partial charge in [0.25, 0.3) is 5.89 Å². The Hall–Kier alpha value is -1.64. The van der Waals surface area contributed by atoms with Crippen LogP contribution in [0.1, 0.15) is 36.6 Å². The van der Waals surface area contributed by atoms with Crippen molar-refractivity contribution in [1.29, 1.82) is 0 Å². The molecule has 2 rings (SSSR count). The van der Waals surface area contributed by atoms with E-state index in [-0.39, 0.29) is 11.7 Å². The third-order valence-corrected chi connectivity index (χ3v) is 2.97. The first-order chi connectivity index (χ1) is 8.91. The molecule has 9 heteroatoms. The number of nitrogens with zero attached hydrogens (tertiary/aromatic N) is 3. The van der Waals surface area contributed by atoms with E-state index in [2.05, 4.69) is 14.7 Å². The lowest BCUT2D eigenvalue weighted by Crippen LogP contribution is -2.33. The van der Waals surface area contributed by atoms with Crippen molar-refractivity contribution in [3.8, 4) is 0 Å². The van der Waals surface area contributed by atoms with Crippen molar-refractivity contribution >= 4 is 6.41 Å². The molecule has 1 fully saturated rings. The molecule has 1 saturated heterocycles. The van der Waals surface area contributed by atoms with Gasteiger partial charge in [-0.1, -0.05) is 5.16 Å². The number of likely N-dealkylation sites (tertiary alicyclic amines) is 1. The molecule has 0 radical (unpaired) electrons. The summed E-state index contributed by atoms with van der Waals surface area (Å²) in [6.45, 7) is 0.945. The van der Waals surface area contributed by atoms with Crippen molar-refractivity contribution in [3.63, 3.8) is 0 Å². The average molecular weight is 279 g/mol. The number of hydrogen-bond acceptors (Lipinski definition) is 5. The van der Waals surface area contributed by atoms with E-state index < -0.39 is 18.2 Å². The molecule has 106 valence electrons. The van der Waals surface area contributed by atoms with Crippen LogP contribution in [0.3, 0.4) is 0 Å². The van der Waals surface area contributed by atoms with Gasteiger partial charge in [-0.2, -0.15) is 18.2 Å². The second-order valence-corrected chi connectivity index (χ2v) is 4.37. The fourth-order valence-electron chi connectivity index (χ4n) is 1.98. The Balaban J connectivity index is 2.10. The highest BCUT2D eigenvalue weighted by molar-refractivity contribution is 5.47. The maximum absolute atomic E-state index is 12.3. The van der Waals surface area contributed by atoms with E-state index in [0.717, 1.165) is 6.42 Å². The second-order valence-electron chi connectivity index (χ2n) is 4.37. The average Bonchev–Trinajstić information content (AvgIpc) is 2.86. The summed E-state index contributed by atoms with van der Waals surface area (Å²) >= 11 is 0. The molecule has 19 heavy (non-hydrogen) atoms. The van der Waals surface area contributed by atoms with E-state index in [0.29, 0.717) is 25.9 Å². The Labute approximate surface area is 106 Å². The largest absolute Gasteiger partial charge is 0.423 e. The number of aromatic nitrogens is 2. The van der Waals surface area contributed by atoms with Crippen LogP contribution in [0.15, 0.2) is 4.52 Å². The van der Waals surface area contributed by atoms with E-state index in [1.807, 2.05) is 0 Å². The predicted octanol–water partition coefficient (Wildman–Crippen LogP) is 1.00. The van der Waals surface area contributed by atoms with Crippen LogP contribution in [0.4, 0.5) is 13.2 Å². The van der Waals surface area contributed by atoms with Crippen molar-refractivity contribution in [2.75, 3.05) is 13.1 Å². The Morgan fingerprint density at radius 3 is 2.89 bits per heavy atom. The van der Waals surface area contributed by atoms with E-state index in [1.165, 1.54) is 4.90 Å². The zero-order valence-corrected chi connectivity index (χ0v) is 9.80. The van der Waals surface area contributed by atoms with Gasteiger partial charge in [0.2, 0.25) is 12.5 Å². The lowest BCUT2D eigenvalue weighted by Gasteiger charge is -2.27. The summed E-state index contributed by atoms with van der Waals surface area (Å²) in [6, 6.07) is 0. The number of aliphatic hydroxyl groups excluding tert-OH is 1. The van der Waals surface area contributed by atoms with Crippen LogP contribution in [-0.2, 0) is 4.79 Å². The molecular formula is C10H12F3N3O3. The van der Waals surface area contributed by atoms with E-state index in [4.69, 9.17) is 5.11 Å². The normalized spacial score (nSPS) is 22.3. The zero-order chi connectivity index (χ0) is 14.0. The van der Waals surface area contributed by atoms with E-state index in [9.17, 15) is 18.0 Å². The van der Waals surface area contributed by atoms with Crippen LogP contribution >= 0.6 is 0 Å². The van der Waals surface area contributed by atoms with Gasteiger partial charge in [-0.15, -0.1) is 0 Å². The number of aliphatic hydroxyl groups is 1. The summed E-state index contributed by atoms with van der Waals surface area (Å²) in [5, 5.41) is 12.4. The molecule has 0 saturated carbocycles. The molecule has 2 atom stereocenters. The van der Waals surface area contributed by atoms with Crippen LogP contribution in [0.5, 0.6) is 0 Å². The molecule has 0 aromatic carbocycles. The van der Waals surface area contributed by atoms with Gasteiger partial charge < -0.3 is 14.5 Å². The number of halogens is 3. The third-order valence-electron chi connectivity index (χ3n) is 2.97. The number of hydrogen-bond donors (Lipinski definition) is 1. The van der Waals surface area contributed by atoms with Crippen LogP contribution in [0.2, 0.25) is 0 Å². The van der Waals surface area contributed by atoms with Crippen LogP contribution in [0, 0.1) is 0 Å². The Morgan fingerprint density at radius 1 is 1.53 bits per heavy atom. The Morgan fingerprint density at radius 2 is 2.26 bits per heavy atom. The van der Waals surface area contributed by atoms with Gasteiger partial charge in [0.05, 0.1) is 0 Å². The summed E-state index contributed by atoms with van der Waals surface area (Å²) < 4.78 is 41.2. The van der Waals surface area contributed by atoms with Crippen LogP contribution in [-0.4, -0.2) is 45.8 Å². The maximum Gasteiger partial charge on any atom is 0.423 e. The monoisotopic (exact) mass is 279 g/mol. The number of carbonyl (C=O) groups excluding carboxylic acids is 1. The first-order valence-corrected chi connectivity index (χ1v) is 5.69. The number of rotatable bonds is 3. The van der Waals surface area contributed by atoms with Gasteiger partial charge in [0.15, 0.2) is 5.82 Å². The van der Waals surface area contributed by atoms with Crippen molar-refractivity contribution in [2.24, 2.45) is 0 Å². The summed E-state index contributed by atoms with van der Waals surface area (Å²) in [6.07, 6.45) is -5.57. The molecule has 1 aromatic heterocycles. The molecule has 6 nitrogen and oxygen atoms in total. The van der Waals surface area contributed by atoms with Crippen LogP contribution < -0.4 is 0 Å². The highest BCUT2D eigenvalue weighted by Crippen LogP contribution is 2.32. The number of piperidine rings is 1. The third kappa shape index (κ3) is 3.03. The molecule has 1 amide bonds. The summed E-state index contributed by atoms with van der Waals surface area (Å²) in [4.78, 5) is 15.7. The smallest absolute Gasteiger partial charge is 0.376 e. The van der Waals surface area contributed by atoms with Gasteiger partial charge in [0.1, 0.15) is 0 Å². The second kappa shape index (κ2) is 5.16. The minimum Gasteiger partial charge on any atom is -0.376 e. The van der Waals surface area contributed by atoms with Crippen molar-refractivity contribution in [2.45, 2.75) is 31.0 Å². The van der Waals surface area contributed by atoms with Crippen molar-refractivity contribution in [1.82, 2.24) is 15.0 Å². The summed E-state index contributed by atoms with van der Waals surface area (Å²) in [5.41, 5.74) is 0. The summed E-state index contributed by atoms with van der Waals surface area (Å²) in [5.74, 6) is -1.05. The van der Waals surface area contributed by atoms with Gasteiger partial charge >= 0.3 is 6.18 Å². The molecule has 0 spiro atoms. The number of amides is 1. The van der Waals surface area contributed by atoms with E-state index in [1.54, 1.807) is 0 Å². The van der Waals surface area contributed by atoms with Crippen molar-refractivity contribution < 1.29 is 27.6 Å². The first-order valence-electron chi connectivity index (χ1n) is 5.69. The van der Waals surface area contributed by atoms with Gasteiger partial charge in [-0.25, -0.2) is 0 Å². The van der Waals surface area contributed by atoms with Crippen molar-refractivity contribution in [3.05, 3.63) is 11.7 Å². The molecule has 1 N–H and O–H groups in total. The molecule has 1 aromatic rings. The number of alkyl halides is 3. The highest BCUT2D eigenvalue weighted by atomic mass is 19.4. The lowest BCUT2D eigenvalue weighted by atomic mass is 9.98. The standard InChI is InChI=1S/C10H12F3N3O3/c11-10(12,13)7(18)9-14-8(15-19-9)6-2-1-3-16(4-6)5-17/h5-7,18H,1-4H2/t6-,7-/m1/s1. The fourth-order valence-corrected chi connectivity index (χ4v) is 1.98. The topological polar surface area (TPSA) is 79.5 Å². The molecule has 0 aliphatic carbocycles. The van der Waals surface area contributed by atoms with Crippen LogP contribution in [0.25, 0.3) is 0 Å². The maximum atomic E-state index is 12.3. The Bertz CT molecular complexity index is 449. The lowest BCUT2D eigenvalue weighted by molar-refractivity contribution is -0.213. The Kier molecular flexibility index (Phi) is 3.74. The zero-order valence-electron chi connectivity index (χ0n) is 9.80. The fraction of sp³-hybridized carbons (Fsp3) is 0.700. The quantitative estimate of drug-likeness (QED) is 0.835. The number of carbonyl (C=O) groups is 1. The van der Waals surface area contributed by atoms with Gasteiger partial charge in [-0.3, -0.25) is 4.79 Å². The molecule has 0 unspecified atom stereocenters. The van der Waals surface area contributed by atoms with E-state index >= 15 is 0 Å². The molecule has 1 aliphatic heterocycles. The molecular weight excluding hydrogens is 267 g/mol. The van der Waals surface area contributed by atoms with Gasteiger partial charge in [0, 0.05) is 19.0 Å². The minimum absolute atomic E-state index is 0.0878. The highest BCUT2D eigenvalue weighted by Gasteiger charge is 2.43. The molecule has 2 heterocycles. The molecule has 1 aliphatic rings. The SMILES string of the molecule is O=CN1CCC[C@@H](c2noc([C@@H](O)C(F)(F)F)n2)C1. The minimum atomic E-state index is -4.84. The predicted molar refractivity (Wildman–Crippen MR) is 54.9 cm³/mol. The molecule has 0 bridgehead atoms. The summed E-state index contributed by atoms with van der Waals surface area (Å²) in [7, 11) is 0. The first kappa shape index (κ1) is 13.8.